The van der Waals surface area contributed by atoms with Gasteiger partial charge in [0.15, 0.2) is 0 Å². The summed E-state index contributed by atoms with van der Waals surface area (Å²) < 4.78 is 5.80. The van der Waals surface area contributed by atoms with Gasteiger partial charge in [0.2, 0.25) is 0 Å². The highest BCUT2D eigenvalue weighted by Crippen LogP contribution is 2.50. The standard InChI is InChI=1S/C22H30N2O4/c25-19(26)22-8-4-7-18(22)13-24(16-22)20(27)23-15-21(9-10-21)11-12-28-14-17-5-2-1-3-6-17/h1-3,5-6,18H,4,7-16H2,(H,23,27)(H,25,26)/t18-,22+/m0/s1. The molecule has 4 rings (SSSR count). The lowest BCUT2D eigenvalue weighted by Gasteiger charge is -2.24. The van der Waals surface area contributed by atoms with E-state index in [1.54, 1.807) is 4.90 Å². The Labute approximate surface area is 166 Å². The van der Waals surface area contributed by atoms with Gasteiger partial charge in [0, 0.05) is 26.2 Å². The Hall–Kier alpha value is -2.08. The number of nitrogens with zero attached hydrogens (tertiary/aromatic N) is 1. The summed E-state index contributed by atoms with van der Waals surface area (Å²) >= 11 is 0. The molecule has 0 unspecified atom stereocenters. The third-order valence-corrected chi connectivity index (χ3v) is 7.04. The molecule has 2 amide bonds. The molecule has 0 radical (unpaired) electrons. The summed E-state index contributed by atoms with van der Waals surface area (Å²) in [6, 6.07) is 10.0. The van der Waals surface area contributed by atoms with Gasteiger partial charge < -0.3 is 20.1 Å². The molecule has 1 saturated heterocycles. The molecule has 2 N–H and O–H groups in total. The number of benzene rings is 1. The highest BCUT2D eigenvalue weighted by Gasteiger charge is 2.56. The molecule has 1 heterocycles. The Morgan fingerprint density at radius 3 is 2.68 bits per heavy atom. The van der Waals surface area contributed by atoms with Gasteiger partial charge in [-0.2, -0.15) is 0 Å². The summed E-state index contributed by atoms with van der Waals surface area (Å²) in [4.78, 5) is 26.1. The van der Waals surface area contributed by atoms with Gasteiger partial charge in [0.05, 0.1) is 12.0 Å². The number of carbonyl (C=O) groups is 2. The molecule has 3 fully saturated rings. The van der Waals surface area contributed by atoms with Gasteiger partial charge in [-0.25, -0.2) is 4.79 Å². The van der Waals surface area contributed by atoms with Gasteiger partial charge >= 0.3 is 12.0 Å². The number of fused-ring (bicyclic) bond motifs is 1. The molecule has 0 aromatic heterocycles. The maximum atomic E-state index is 12.6. The van der Waals surface area contributed by atoms with Crippen LogP contribution in [0.15, 0.2) is 30.3 Å². The van der Waals surface area contributed by atoms with Crippen molar-refractivity contribution in [2.45, 2.75) is 45.1 Å². The molecular formula is C22H30N2O4. The highest BCUT2D eigenvalue weighted by atomic mass is 16.5. The van der Waals surface area contributed by atoms with Crippen molar-refractivity contribution in [2.24, 2.45) is 16.7 Å². The quantitative estimate of drug-likeness (QED) is 0.672. The molecule has 6 nitrogen and oxygen atoms in total. The Morgan fingerprint density at radius 1 is 1.21 bits per heavy atom. The largest absolute Gasteiger partial charge is 0.481 e. The molecule has 2 saturated carbocycles. The highest BCUT2D eigenvalue weighted by molar-refractivity contribution is 5.80. The zero-order valence-corrected chi connectivity index (χ0v) is 16.4. The number of rotatable bonds is 8. The normalized spacial score (nSPS) is 27.4. The van der Waals surface area contributed by atoms with Crippen molar-refractivity contribution in [3.8, 4) is 0 Å². The van der Waals surface area contributed by atoms with Crippen molar-refractivity contribution in [3.63, 3.8) is 0 Å². The number of nitrogens with one attached hydrogen (secondary N) is 1. The Balaban J connectivity index is 1.20. The Kier molecular flexibility index (Phi) is 5.32. The summed E-state index contributed by atoms with van der Waals surface area (Å²) in [6.45, 7) is 2.90. The average Bonchev–Trinajstić information content (AvgIpc) is 3.17. The average molecular weight is 386 g/mol. The molecule has 2 atom stereocenters. The van der Waals surface area contributed by atoms with Crippen molar-refractivity contribution in [2.75, 3.05) is 26.2 Å². The van der Waals surface area contributed by atoms with Crippen LogP contribution in [-0.2, 0) is 16.1 Å². The van der Waals surface area contributed by atoms with E-state index in [9.17, 15) is 14.7 Å². The number of hydrogen-bond donors (Lipinski definition) is 2. The van der Waals surface area contributed by atoms with Gasteiger partial charge in [-0.1, -0.05) is 36.8 Å². The van der Waals surface area contributed by atoms with Crippen molar-refractivity contribution < 1.29 is 19.4 Å². The lowest BCUT2D eigenvalue weighted by atomic mass is 9.81. The number of carbonyl (C=O) groups excluding carboxylic acids is 1. The molecule has 1 aromatic rings. The van der Waals surface area contributed by atoms with E-state index in [0.717, 1.165) is 32.1 Å². The van der Waals surface area contributed by atoms with Crippen LogP contribution in [0.25, 0.3) is 0 Å². The van der Waals surface area contributed by atoms with Crippen molar-refractivity contribution in [3.05, 3.63) is 35.9 Å². The number of hydrogen-bond acceptors (Lipinski definition) is 3. The summed E-state index contributed by atoms with van der Waals surface area (Å²) in [5.74, 6) is -0.628. The third-order valence-electron chi connectivity index (χ3n) is 7.04. The maximum Gasteiger partial charge on any atom is 0.317 e. The predicted octanol–water partition coefficient (Wildman–Crippen LogP) is 3.27. The monoisotopic (exact) mass is 386 g/mol. The SMILES string of the molecule is O=C(NCC1(CCOCc2ccccc2)CC1)N1C[C@@H]2CCC[C@@]2(C(=O)O)C1. The van der Waals surface area contributed by atoms with Crippen LogP contribution in [0.1, 0.15) is 44.1 Å². The predicted molar refractivity (Wildman–Crippen MR) is 105 cm³/mol. The number of urea groups is 1. The Bertz CT molecular complexity index is 719. The van der Waals surface area contributed by atoms with E-state index in [0.29, 0.717) is 39.3 Å². The van der Waals surface area contributed by atoms with Crippen LogP contribution in [0.4, 0.5) is 4.79 Å². The fraction of sp³-hybridized carbons (Fsp3) is 0.636. The first-order valence-electron chi connectivity index (χ1n) is 10.4. The first kappa shape index (κ1) is 19.2. The van der Waals surface area contributed by atoms with E-state index in [-0.39, 0.29) is 17.4 Å². The van der Waals surface area contributed by atoms with Gasteiger partial charge in [-0.3, -0.25) is 4.79 Å². The van der Waals surface area contributed by atoms with E-state index >= 15 is 0 Å². The number of carboxylic acid groups (broad SMARTS) is 1. The minimum Gasteiger partial charge on any atom is -0.481 e. The zero-order chi connectivity index (χ0) is 19.6. The first-order valence-corrected chi connectivity index (χ1v) is 10.4. The third kappa shape index (κ3) is 3.88. The second kappa shape index (κ2) is 7.74. The Morgan fingerprint density at radius 2 is 2.00 bits per heavy atom. The van der Waals surface area contributed by atoms with Gasteiger partial charge in [0.1, 0.15) is 0 Å². The zero-order valence-electron chi connectivity index (χ0n) is 16.4. The van der Waals surface area contributed by atoms with Crippen LogP contribution in [0.2, 0.25) is 0 Å². The molecule has 2 aliphatic carbocycles. The van der Waals surface area contributed by atoms with Crippen LogP contribution in [-0.4, -0.2) is 48.2 Å². The molecule has 6 heteroatoms. The lowest BCUT2D eigenvalue weighted by Crippen LogP contribution is -2.43. The van der Waals surface area contributed by atoms with Gasteiger partial charge in [0.25, 0.3) is 0 Å². The fourth-order valence-electron chi connectivity index (χ4n) is 4.91. The van der Waals surface area contributed by atoms with Crippen molar-refractivity contribution in [1.82, 2.24) is 10.2 Å². The van der Waals surface area contributed by atoms with Crippen molar-refractivity contribution in [1.29, 1.82) is 0 Å². The van der Waals surface area contributed by atoms with Crippen LogP contribution in [0, 0.1) is 16.7 Å². The molecule has 1 aromatic carbocycles. The van der Waals surface area contributed by atoms with Gasteiger partial charge in [-0.15, -0.1) is 0 Å². The van der Waals surface area contributed by atoms with E-state index in [4.69, 9.17) is 4.74 Å². The molecule has 0 spiro atoms. The topological polar surface area (TPSA) is 78.9 Å². The van der Waals surface area contributed by atoms with Crippen LogP contribution >= 0.6 is 0 Å². The van der Waals surface area contributed by atoms with E-state index in [1.165, 1.54) is 5.56 Å². The second-order valence-electron chi connectivity index (χ2n) is 8.88. The summed E-state index contributed by atoms with van der Waals surface area (Å²) in [5.41, 5.74) is 0.624. The van der Waals surface area contributed by atoms with Crippen LogP contribution in [0.5, 0.6) is 0 Å². The van der Waals surface area contributed by atoms with Gasteiger partial charge in [-0.05, 0) is 49.0 Å². The smallest absolute Gasteiger partial charge is 0.317 e. The molecule has 152 valence electrons. The summed E-state index contributed by atoms with van der Waals surface area (Å²) in [7, 11) is 0. The summed E-state index contributed by atoms with van der Waals surface area (Å²) in [5, 5.41) is 12.7. The van der Waals surface area contributed by atoms with E-state index in [1.807, 2.05) is 18.2 Å². The molecular weight excluding hydrogens is 356 g/mol. The number of likely N-dealkylation sites (tertiary alicyclic amines) is 1. The van der Waals surface area contributed by atoms with Crippen LogP contribution < -0.4 is 5.32 Å². The molecule has 0 bridgehead atoms. The molecule has 3 aliphatic rings. The van der Waals surface area contributed by atoms with Crippen LogP contribution in [0.3, 0.4) is 0 Å². The van der Waals surface area contributed by atoms with E-state index in [2.05, 4.69) is 17.4 Å². The summed E-state index contributed by atoms with van der Waals surface area (Å²) in [6.07, 6.45) is 5.74. The number of carboxylic acids is 1. The number of ether oxygens (including phenoxy) is 1. The second-order valence-corrected chi connectivity index (χ2v) is 8.88. The fourth-order valence-corrected chi connectivity index (χ4v) is 4.91. The minimum atomic E-state index is -0.737. The van der Waals surface area contributed by atoms with E-state index < -0.39 is 11.4 Å². The number of aliphatic carboxylic acids is 1. The molecule has 1 aliphatic heterocycles. The minimum absolute atomic E-state index is 0.105. The van der Waals surface area contributed by atoms with Crippen molar-refractivity contribution >= 4 is 12.0 Å². The lowest BCUT2D eigenvalue weighted by molar-refractivity contribution is -0.149. The molecule has 28 heavy (non-hydrogen) atoms. The maximum absolute atomic E-state index is 12.6. The first-order chi connectivity index (χ1) is 13.5. The number of amides is 2.